The maximum Gasteiger partial charge on any atom is -0.0212 e. The Morgan fingerprint density at radius 3 is 1.89 bits per heavy atom. The summed E-state index contributed by atoms with van der Waals surface area (Å²) in [6, 6.07) is 0. The highest BCUT2D eigenvalue weighted by atomic mass is 14.7. The van der Waals surface area contributed by atoms with Gasteiger partial charge in [0.2, 0.25) is 0 Å². The highest BCUT2D eigenvalue weighted by molar-refractivity contribution is 5.17. The molecule has 0 aromatic carbocycles. The SMILES string of the molecule is CC1CCCCC(CC(C)C2CCCC2)C2(C)C(C(C)C1)C(C)C1(C)C(C)C(C(C)C)C(C)CC1(C)C2C. The Kier molecular flexibility index (Phi) is 9.24. The molecular formula is C38H70. The zero-order valence-electron chi connectivity index (χ0n) is 28.2. The van der Waals surface area contributed by atoms with Crippen molar-refractivity contribution in [2.75, 3.05) is 0 Å². The van der Waals surface area contributed by atoms with Gasteiger partial charge in [-0.2, -0.15) is 0 Å². The van der Waals surface area contributed by atoms with Crippen molar-refractivity contribution < 1.29 is 0 Å². The first kappa shape index (κ1) is 30.9. The Balaban J connectivity index is 1.83. The predicted molar refractivity (Wildman–Crippen MR) is 168 cm³/mol. The minimum Gasteiger partial charge on any atom is -0.0625 e. The van der Waals surface area contributed by atoms with Crippen LogP contribution in [0, 0.1) is 87.3 Å². The van der Waals surface area contributed by atoms with Gasteiger partial charge in [-0.05, 0) is 113 Å². The van der Waals surface area contributed by atoms with Crippen LogP contribution in [0.3, 0.4) is 0 Å². The van der Waals surface area contributed by atoms with E-state index < -0.39 is 0 Å². The second kappa shape index (κ2) is 11.3. The van der Waals surface area contributed by atoms with Gasteiger partial charge in [0, 0.05) is 0 Å². The van der Waals surface area contributed by atoms with Crippen molar-refractivity contribution in [1.29, 1.82) is 0 Å². The average molecular weight is 527 g/mol. The van der Waals surface area contributed by atoms with Crippen LogP contribution in [0.4, 0.5) is 0 Å². The van der Waals surface area contributed by atoms with Gasteiger partial charge in [-0.1, -0.05) is 128 Å². The molecule has 4 rings (SSSR count). The van der Waals surface area contributed by atoms with Gasteiger partial charge in [0.25, 0.3) is 0 Å². The smallest absolute Gasteiger partial charge is 0.0212 e. The fourth-order valence-corrected chi connectivity index (χ4v) is 13.5. The van der Waals surface area contributed by atoms with Gasteiger partial charge in [0.15, 0.2) is 0 Å². The summed E-state index contributed by atoms with van der Waals surface area (Å²) < 4.78 is 0. The van der Waals surface area contributed by atoms with Gasteiger partial charge in [0.05, 0.1) is 0 Å². The third-order valence-electron chi connectivity index (χ3n) is 15.6. The second-order valence-electron chi connectivity index (χ2n) is 17.5. The molecule has 4 saturated carbocycles. The number of hydrogen-bond donors (Lipinski definition) is 0. The maximum absolute atomic E-state index is 2.88. The molecule has 0 spiro atoms. The Bertz CT molecular complexity index is 775. The Morgan fingerprint density at radius 2 is 1.29 bits per heavy atom. The van der Waals surface area contributed by atoms with Crippen molar-refractivity contribution in [2.24, 2.45) is 87.3 Å². The van der Waals surface area contributed by atoms with Crippen molar-refractivity contribution in [2.45, 2.75) is 154 Å². The fourth-order valence-electron chi connectivity index (χ4n) is 13.5. The molecule has 0 saturated heterocycles. The van der Waals surface area contributed by atoms with E-state index in [1.807, 2.05) is 0 Å². The van der Waals surface area contributed by atoms with Gasteiger partial charge in [-0.25, -0.2) is 0 Å². The van der Waals surface area contributed by atoms with E-state index in [2.05, 4.69) is 83.1 Å². The molecule has 0 aromatic rings. The molecule has 0 heterocycles. The molecule has 4 fully saturated rings. The lowest BCUT2D eigenvalue weighted by Gasteiger charge is -2.74. The van der Waals surface area contributed by atoms with Crippen molar-refractivity contribution in [1.82, 2.24) is 0 Å². The maximum atomic E-state index is 2.88. The first-order chi connectivity index (χ1) is 17.7. The molecule has 4 aliphatic rings. The third kappa shape index (κ3) is 4.79. The largest absolute Gasteiger partial charge is 0.0625 e. The lowest BCUT2D eigenvalue weighted by atomic mass is 9.30. The van der Waals surface area contributed by atoms with E-state index in [0.717, 1.165) is 71.0 Å². The Morgan fingerprint density at radius 1 is 0.711 bits per heavy atom. The molecule has 0 aliphatic heterocycles. The van der Waals surface area contributed by atoms with Gasteiger partial charge in [0.1, 0.15) is 0 Å². The summed E-state index contributed by atoms with van der Waals surface area (Å²) in [5.41, 5.74) is 1.29. The first-order valence-corrected chi connectivity index (χ1v) is 17.7. The summed E-state index contributed by atoms with van der Waals surface area (Å²) in [7, 11) is 0. The van der Waals surface area contributed by atoms with E-state index in [9.17, 15) is 0 Å². The summed E-state index contributed by atoms with van der Waals surface area (Å²) in [4.78, 5) is 0. The zero-order valence-corrected chi connectivity index (χ0v) is 28.2. The lowest BCUT2D eigenvalue weighted by Crippen LogP contribution is -2.69. The lowest BCUT2D eigenvalue weighted by molar-refractivity contribution is -0.266. The van der Waals surface area contributed by atoms with Crippen LogP contribution in [-0.4, -0.2) is 0 Å². The minimum absolute atomic E-state index is 0.418. The van der Waals surface area contributed by atoms with Crippen LogP contribution in [0.5, 0.6) is 0 Å². The molecule has 38 heavy (non-hydrogen) atoms. The van der Waals surface area contributed by atoms with E-state index >= 15 is 0 Å². The summed E-state index contributed by atoms with van der Waals surface area (Å²) in [6.45, 7) is 32.4. The van der Waals surface area contributed by atoms with Gasteiger partial charge in [-0.15, -0.1) is 0 Å². The van der Waals surface area contributed by atoms with Crippen molar-refractivity contribution in [3.63, 3.8) is 0 Å². The molecule has 222 valence electrons. The quantitative estimate of drug-likeness (QED) is 0.341. The summed E-state index contributed by atoms with van der Waals surface area (Å²) in [5.74, 6) is 10.3. The molecule has 0 aromatic heterocycles. The minimum atomic E-state index is 0.418. The molecule has 13 unspecified atom stereocenters. The average Bonchev–Trinajstić information content (AvgIpc) is 3.37. The highest BCUT2D eigenvalue weighted by Crippen LogP contribution is 2.75. The number of fused-ring (bicyclic) bond motifs is 2. The Labute approximate surface area is 240 Å². The van der Waals surface area contributed by atoms with E-state index in [4.69, 9.17) is 0 Å². The number of rotatable bonds is 4. The van der Waals surface area contributed by atoms with E-state index in [1.54, 1.807) is 0 Å². The third-order valence-corrected chi connectivity index (χ3v) is 15.6. The fraction of sp³-hybridized carbons (Fsp3) is 1.00. The Hall–Kier alpha value is 0. The molecule has 4 aliphatic carbocycles. The monoisotopic (exact) mass is 527 g/mol. The summed E-state index contributed by atoms with van der Waals surface area (Å²) >= 11 is 0. The van der Waals surface area contributed by atoms with Crippen LogP contribution in [0.25, 0.3) is 0 Å². The molecule has 0 heteroatoms. The molecule has 0 nitrogen and oxygen atoms in total. The van der Waals surface area contributed by atoms with Gasteiger partial charge < -0.3 is 0 Å². The molecule has 0 bridgehead atoms. The van der Waals surface area contributed by atoms with Crippen LogP contribution in [0.15, 0.2) is 0 Å². The van der Waals surface area contributed by atoms with Crippen molar-refractivity contribution in [3.05, 3.63) is 0 Å². The van der Waals surface area contributed by atoms with Crippen LogP contribution in [0.2, 0.25) is 0 Å². The first-order valence-electron chi connectivity index (χ1n) is 17.7. The molecular weight excluding hydrogens is 456 g/mol. The predicted octanol–water partition coefficient (Wildman–Crippen LogP) is 11.9. The standard InChI is InChI=1S/C38H70/c1-24(2)34-28(6)23-36(10)31(9)37(11)33(22-26(4)32-18-14-15-19-32)20-16-13-17-25(3)21-27(5)35(37)30(8)38(36,12)29(34)7/h24-35H,13-23H2,1-12H3. The van der Waals surface area contributed by atoms with Crippen molar-refractivity contribution >= 4 is 0 Å². The molecule has 0 N–H and O–H groups in total. The van der Waals surface area contributed by atoms with Crippen LogP contribution in [0.1, 0.15) is 154 Å². The number of hydrogen-bond acceptors (Lipinski definition) is 0. The molecule has 13 atom stereocenters. The van der Waals surface area contributed by atoms with Crippen LogP contribution in [-0.2, 0) is 0 Å². The topological polar surface area (TPSA) is 0 Å². The zero-order chi connectivity index (χ0) is 28.2. The summed E-state index contributed by atoms with van der Waals surface area (Å²) in [6.07, 6.45) is 16.3. The molecule has 0 radical (unpaired) electrons. The van der Waals surface area contributed by atoms with E-state index in [0.29, 0.717) is 16.2 Å². The van der Waals surface area contributed by atoms with E-state index in [1.165, 1.54) is 70.6 Å². The van der Waals surface area contributed by atoms with Gasteiger partial charge in [-0.3, -0.25) is 0 Å². The van der Waals surface area contributed by atoms with Gasteiger partial charge >= 0.3 is 0 Å². The molecule has 0 amide bonds. The van der Waals surface area contributed by atoms with E-state index in [-0.39, 0.29) is 0 Å². The van der Waals surface area contributed by atoms with Crippen LogP contribution < -0.4 is 0 Å². The second-order valence-corrected chi connectivity index (χ2v) is 17.5. The normalized spacial score (nSPS) is 51.9. The highest BCUT2D eigenvalue weighted by Gasteiger charge is 2.70. The summed E-state index contributed by atoms with van der Waals surface area (Å²) in [5, 5.41) is 0. The van der Waals surface area contributed by atoms with Crippen molar-refractivity contribution in [3.8, 4) is 0 Å². The van der Waals surface area contributed by atoms with Crippen LogP contribution >= 0.6 is 0 Å².